The zero-order valence-corrected chi connectivity index (χ0v) is 8.67. The summed E-state index contributed by atoms with van der Waals surface area (Å²) in [6.07, 6.45) is 0. The fraction of sp³-hybridized carbons (Fsp3) is 0.300. The second-order valence-electron chi connectivity index (χ2n) is 3.42. The van der Waals surface area contributed by atoms with Gasteiger partial charge in [-0.2, -0.15) is 0 Å². The van der Waals surface area contributed by atoms with Gasteiger partial charge in [0, 0.05) is 5.56 Å². The van der Waals surface area contributed by atoms with E-state index in [9.17, 15) is 14.3 Å². The second kappa shape index (κ2) is 4.20. The third-order valence-corrected chi connectivity index (χ3v) is 3.70. The van der Waals surface area contributed by atoms with Crippen molar-refractivity contribution in [1.82, 2.24) is 0 Å². The van der Waals surface area contributed by atoms with Crippen molar-refractivity contribution in [3.63, 3.8) is 0 Å². The summed E-state index contributed by atoms with van der Waals surface area (Å²) in [4.78, 5) is 10.6. The summed E-state index contributed by atoms with van der Waals surface area (Å²) >= 11 is 1.54. The molecule has 80 valence electrons. The SMILES string of the molecule is O=C([O-])[C@H]1CS[C@@H](c2ccc(F)cc2)[NH2+]1. The van der Waals surface area contributed by atoms with Gasteiger partial charge in [-0.15, -0.1) is 0 Å². The summed E-state index contributed by atoms with van der Waals surface area (Å²) in [6, 6.07) is 5.64. The van der Waals surface area contributed by atoms with Crippen LogP contribution in [0.2, 0.25) is 0 Å². The molecule has 1 aliphatic heterocycles. The second-order valence-corrected chi connectivity index (χ2v) is 4.60. The van der Waals surface area contributed by atoms with Crippen molar-refractivity contribution in [1.29, 1.82) is 0 Å². The van der Waals surface area contributed by atoms with Gasteiger partial charge in [0.05, 0.1) is 5.75 Å². The first-order valence-corrected chi connectivity index (χ1v) is 5.64. The van der Waals surface area contributed by atoms with E-state index in [4.69, 9.17) is 0 Å². The minimum Gasteiger partial charge on any atom is -0.544 e. The van der Waals surface area contributed by atoms with Crippen LogP contribution in [-0.2, 0) is 4.79 Å². The van der Waals surface area contributed by atoms with Crippen molar-refractivity contribution in [2.45, 2.75) is 11.4 Å². The molecule has 3 nitrogen and oxygen atoms in total. The lowest BCUT2D eigenvalue weighted by Gasteiger charge is -2.10. The number of carboxylic acid groups (broad SMARTS) is 1. The topological polar surface area (TPSA) is 56.7 Å². The molecule has 2 atom stereocenters. The molecule has 1 aromatic rings. The Morgan fingerprint density at radius 1 is 1.47 bits per heavy atom. The lowest BCUT2D eigenvalue weighted by molar-refractivity contribution is -0.690. The van der Waals surface area contributed by atoms with Crippen LogP contribution in [-0.4, -0.2) is 17.8 Å². The molecular weight excluding hydrogens is 217 g/mol. The Morgan fingerprint density at radius 2 is 2.13 bits per heavy atom. The van der Waals surface area contributed by atoms with E-state index >= 15 is 0 Å². The van der Waals surface area contributed by atoms with Crippen LogP contribution in [0.5, 0.6) is 0 Å². The van der Waals surface area contributed by atoms with E-state index in [2.05, 4.69) is 0 Å². The highest BCUT2D eigenvalue weighted by Crippen LogP contribution is 2.26. The van der Waals surface area contributed by atoms with Crippen molar-refractivity contribution in [3.05, 3.63) is 35.6 Å². The number of hydrogen-bond acceptors (Lipinski definition) is 3. The fourth-order valence-electron chi connectivity index (χ4n) is 1.54. The van der Waals surface area contributed by atoms with Gasteiger partial charge in [0.1, 0.15) is 17.8 Å². The van der Waals surface area contributed by atoms with Crippen molar-refractivity contribution >= 4 is 17.7 Å². The van der Waals surface area contributed by atoms with Crippen LogP contribution in [0, 0.1) is 5.82 Å². The average molecular weight is 227 g/mol. The maximum Gasteiger partial charge on any atom is 0.159 e. The highest BCUT2D eigenvalue weighted by atomic mass is 32.2. The van der Waals surface area contributed by atoms with Gasteiger partial charge in [0.25, 0.3) is 0 Å². The molecule has 0 amide bonds. The number of hydrogen-bond donors (Lipinski definition) is 1. The van der Waals surface area contributed by atoms with E-state index < -0.39 is 12.0 Å². The zero-order valence-electron chi connectivity index (χ0n) is 7.85. The largest absolute Gasteiger partial charge is 0.544 e. The van der Waals surface area contributed by atoms with Crippen molar-refractivity contribution in [3.8, 4) is 0 Å². The number of carbonyl (C=O) groups excluding carboxylic acids is 1. The Balaban J connectivity index is 2.07. The molecule has 0 saturated carbocycles. The third kappa shape index (κ3) is 2.30. The van der Waals surface area contributed by atoms with Crippen molar-refractivity contribution < 1.29 is 19.6 Å². The lowest BCUT2D eigenvalue weighted by atomic mass is 10.2. The van der Waals surface area contributed by atoms with Crippen LogP contribution < -0.4 is 10.4 Å². The highest BCUT2D eigenvalue weighted by Gasteiger charge is 2.30. The molecule has 15 heavy (non-hydrogen) atoms. The lowest BCUT2D eigenvalue weighted by Crippen LogP contribution is -2.90. The van der Waals surface area contributed by atoms with Gasteiger partial charge >= 0.3 is 0 Å². The Hall–Kier alpha value is -1.07. The average Bonchev–Trinajstić information content (AvgIpc) is 2.68. The van der Waals surface area contributed by atoms with E-state index in [0.717, 1.165) is 5.56 Å². The molecule has 1 fully saturated rings. The number of carboxylic acids is 1. The van der Waals surface area contributed by atoms with Gasteiger partial charge in [-0.25, -0.2) is 4.39 Å². The number of benzene rings is 1. The molecule has 0 aromatic heterocycles. The first-order valence-electron chi connectivity index (χ1n) is 4.60. The predicted octanol–water partition coefficient (Wildman–Crippen LogP) is -0.747. The summed E-state index contributed by atoms with van der Waals surface area (Å²) in [5.74, 6) is -0.782. The minimum atomic E-state index is -1.04. The molecular formula is C10H10FNO2S. The molecule has 2 rings (SSSR count). The number of carbonyl (C=O) groups is 1. The molecule has 0 aliphatic carbocycles. The molecule has 1 aromatic carbocycles. The summed E-state index contributed by atoms with van der Waals surface area (Å²) < 4.78 is 12.7. The summed E-state index contributed by atoms with van der Waals surface area (Å²) in [6.45, 7) is 0. The molecule has 1 aliphatic rings. The Kier molecular flexibility index (Phi) is 2.93. The Labute approximate surface area is 90.7 Å². The van der Waals surface area contributed by atoms with Crippen molar-refractivity contribution in [2.24, 2.45) is 0 Å². The Bertz CT molecular complexity index is 368. The normalized spacial score (nSPS) is 25.4. The van der Waals surface area contributed by atoms with Gasteiger partial charge in [0.2, 0.25) is 0 Å². The maximum absolute atomic E-state index is 12.7. The van der Waals surface area contributed by atoms with Gasteiger partial charge < -0.3 is 15.2 Å². The monoisotopic (exact) mass is 227 g/mol. The van der Waals surface area contributed by atoms with Crippen LogP contribution in [0.25, 0.3) is 0 Å². The van der Waals surface area contributed by atoms with Gasteiger partial charge in [0.15, 0.2) is 5.37 Å². The predicted molar refractivity (Wildman–Crippen MR) is 52.3 cm³/mol. The molecule has 0 unspecified atom stereocenters. The van der Waals surface area contributed by atoms with Gasteiger partial charge in [-0.05, 0) is 24.3 Å². The van der Waals surface area contributed by atoms with E-state index in [1.54, 1.807) is 17.4 Å². The summed E-state index contributed by atoms with van der Waals surface area (Å²) in [5, 5.41) is 12.4. The molecule has 2 N–H and O–H groups in total. The molecule has 0 spiro atoms. The molecule has 1 saturated heterocycles. The molecule has 1 heterocycles. The summed E-state index contributed by atoms with van der Waals surface area (Å²) in [5.41, 5.74) is 0.935. The van der Waals surface area contributed by atoms with Crippen LogP contribution in [0.4, 0.5) is 4.39 Å². The van der Waals surface area contributed by atoms with E-state index in [-0.39, 0.29) is 11.2 Å². The third-order valence-electron chi connectivity index (χ3n) is 2.36. The fourth-order valence-corrected chi connectivity index (χ4v) is 2.85. The quantitative estimate of drug-likeness (QED) is 0.723. The highest BCUT2D eigenvalue weighted by molar-refractivity contribution is 7.99. The van der Waals surface area contributed by atoms with Gasteiger partial charge in [-0.1, -0.05) is 11.8 Å². The maximum atomic E-state index is 12.7. The smallest absolute Gasteiger partial charge is 0.159 e. The Morgan fingerprint density at radius 3 is 2.67 bits per heavy atom. The number of rotatable bonds is 2. The number of thioether (sulfide) groups is 1. The van der Waals surface area contributed by atoms with Crippen LogP contribution in [0.1, 0.15) is 10.9 Å². The van der Waals surface area contributed by atoms with Crippen molar-refractivity contribution in [2.75, 3.05) is 5.75 Å². The van der Waals surface area contributed by atoms with E-state index in [0.29, 0.717) is 5.75 Å². The first kappa shape index (κ1) is 10.4. The first-order chi connectivity index (χ1) is 7.16. The number of halogens is 1. The molecule has 0 bridgehead atoms. The van der Waals surface area contributed by atoms with Gasteiger partial charge in [-0.3, -0.25) is 0 Å². The van der Waals surface area contributed by atoms with Crippen LogP contribution >= 0.6 is 11.8 Å². The number of aliphatic carboxylic acids is 1. The molecule has 0 radical (unpaired) electrons. The number of nitrogens with two attached hydrogens (primary N) is 1. The van der Waals surface area contributed by atoms with E-state index in [1.165, 1.54) is 23.9 Å². The summed E-state index contributed by atoms with van der Waals surface area (Å²) in [7, 11) is 0. The number of quaternary nitrogens is 1. The standard InChI is InChI=1S/C10H10FNO2S/c11-7-3-1-6(2-4-7)9-12-8(5-15-9)10(13)14/h1-4,8-9,12H,5H2,(H,13,14)/t8-,9+/m1/s1. The minimum absolute atomic E-state index is 0.0356. The molecule has 5 heteroatoms. The van der Waals surface area contributed by atoms with Crippen LogP contribution in [0.3, 0.4) is 0 Å². The zero-order chi connectivity index (χ0) is 10.8. The van der Waals surface area contributed by atoms with E-state index in [1.807, 2.05) is 0 Å². The van der Waals surface area contributed by atoms with Crippen LogP contribution in [0.15, 0.2) is 24.3 Å².